The van der Waals surface area contributed by atoms with E-state index in [1.807, 2.05) is 86.3 Å². The van der Waals surface area contributed by atoms with E-state index in [0.29, 0.717) is 22.8 Å². The van der Waals surface area contributed by atoms with Crippen LogP contribution in [0.5, 0.6) is 0 Å². The number of rotatable bonds is 6. The number of carbonyl (C=O) groups excluding carboxylic acids is 2. The summed E-state index contributed by atoms with van der Waals surface area (Å²) >= 11 is 6.01. The van der Waals surface area contributed by atoms with Crippen LogP contribution in [0.15, 0.2) is 78.5 Å². The molecule has 162 valence electrons. The lowest BCUT2D eigenvalue weighted by atomic mass is 9.97. The summed E-state index contributed by atoms with van der Waals surface area (Å²) in [6.45, 7) is 6.73. The van der Waals surface area contributed by atoms with E-state index >= 15 is 0 Å². The molecule has 4 nitrogen and oxygen atoms in total. The van der Waals surface area contributed by atoms with E-state index in [9.17, 15) is 9.59 Å². The summed E-state index contributed by atoms with van der Waals surface area (Å²) in [7, 11) is 0. The molecule has 1 heterocycles. The van der Waals surface area contributed by atoms with Gasteiger partial charge in [-0.1, -0.05) is 65.7 Å². The molecule has 0 spiro atoms. The Kier molecular flexibility index (Phi) is 6.15. The smallest absolute Gasteiger partial charge is 0.278 e. The van der Waals surface area contributed by atoms with Gasteiger partial charge in [-0.15, -0.1) is 0 Å². The molecule has 32 heavy (non-hydrogen) atoms. The van der Waals surface area contributed by atoms with Gasteiger partial charge in [-0.25, -0.2) is 0 Å². The Bertz CT molecular complexity index is 1200. The number of para-hydroxylation sites is 1. The summed E-state index contributed by atoms with van der Waals surface area (Å²) in [5, 5.41) is 0.615. The van der Waals surface area contributed by atoms with E-state index in [0.717, 1.165) is 27.9 Å². The van der Waals surface area contributed by atoms with Gasteiger partial charge in [-0.2, -0.15) is 0 Å². The third kappa shape index (κ3) is 4.06. The molecule has 1 aliphatic rings. The van der Waals surface area contributed by atoms with Crippen molar-refractivity contribution in [2.75, 3.05) is 11.4 Å². The molecule has 0 unspecified atom stereocenters. The van der Waals surface area contributed by atoms with E-state index in [4.69, 9.17) is 11.6 Å². The van der Waals surface area contributed by atoms with Gasteiger partial charge in [-0.05, 0) is 61.7 Å². The largest absolute Gasteiger partial charge is 0.337 e. The Morgan fingerprint density at radius 2 is 1.56 bits per heavy atom. The predicted molar refractivity (Wildman–Crippen MR) is 129 cm³/mol. The maximum absolute atomic E-state index is 13.7. The summed E-state index contributed by atoms with van der Waals surface area (Å²) in [5.74, 6) is -0.563. The highest BCUT2D eigenvalue weighted by Crippen LogP contribution is 2.36. The minimum atomic E-state index is -0.286. The van der Waals surface area contributed by atoms with Gasteiger partial charge in [0.05, 0.1) is 12.1 Å². The van der Waals surface area contributed by atoms with Crippen molar-refractivity contribution in [3.63, 3.8) is 0 Å². The second kappa shape index (κ2) is 9.01. The normalized spacial score (nSPS) is 13.8. The molecule has 3 aromatic carbocycles. The second-order valence-electron chi connectivity index (χ2n) is 7.94. The first-order chi connectivity index (χ1) is 15.4. The fourth-order valence-electron chi connectivity index (χ4n) is 4.14. The molecule has 0 aromatic heterocycles. The molecule has 2 amide bonds. The van der Waals surface area contributed by atoms with Crippen LogP contribution in [0.25, 0.3) is 5.57 Å². The number of anilines is 1. The molecule has 0 atom stereocenters. The first kappa shape index (κ1) is 21.8. The number of carbonyl (C=O) groups is 2. The minimum Gasteiger partial charge on any atom is -0.337 e. The molecule has 0 bridgehead atoms. The van der Waals surface area contributed by atoms with Crippen LogP contribution in [0.4, 0.5) is 5.69 Å². The quantitative estimate of drug-likeness (QED) is 0.453. The second-order valence-corrected chi connectivity index (χ2v) is 8.38. The monoisotopic (exact) mass is 444 g/mol. The number of halogens is 1. The van der Waals surface area contributed by atoms with Crippen molar-refractivity contribution in [2.45, 2.75) is 27.3 Å². The van der Waals surface area contributed by atoms with Crippen LogP contribution in [0.2, 0.25) is 5.02 Å². The van der Waals surface area contributed by atoms with Gasteiger partial charge in [0.25, 0.3) is 11.8 Å². The van der Waals surface area contributed by atoms with Crippen molar-refractivity contribution in [2.24, 2.45) is 0 Å². The van der Waals surface area contributed by atoms with Gasteiger partial charge >= 0.3 is 0 Å². The van der Waals surface area contributed by atoms with Gasteiger partial charge in [0.2, 0.25) is 0 Å². The average molecular weight is 445 g/mol. The Balaban J connectivity index is 1.84. The van der Waals surface area contributed by atoms with Gasteiger partial charge in [-0.3, -0.25) is 14.5 Å². The fraction of sp³-hybridized carbons (Fsp3) is 0.185. The average Bonchev–Trinajstić information content (AvgIpc) is 3.01. The van der Waals surface area contributed by atoms with Crippen LogP contribution < -0.4 is 4.90 Å². The van der Waals surface area contributed by atoms with E-state index in [1.165, 1.54) is 4.90 Å². The lowest BCUT2D eigenvalue weighted by Gasteiger charge is -2.25. The zero-order valence-electron chi connectivity index (χ0n) is 18.4. The lowest BCUT2D eigenvalue weighted by Crippen LogP contribution is -2.34. The van der Waals surface area contributed by atoms with E-state index in [2.05, 4.69) is 0 Å². The van der Waals surface area contributed by atoms with Gasteiger partial charge in [0.1, 0.15) is 5.70 Å². The van der Waals surface area contributed by atoms with Crippen LogP contribution in [-0.2, 0) is 16.1 Å². The summed E-state index contributed by atoms with van der Waals surface area (Å²) in [6.07, 6.45) is 0. The summed E-state index contributed by atoms with van der Waals surface area (Å²) < 4.78 is 0. The van der Waals surface area contributed by atoms with Crippen molar-refractivity contribution >= 4 is 34.7 Å². The van der Waals surface area contributed by atoms with Crippen LogP contribution in [0.3, 0.4) is 0 Å². The molecule has 0 aliphatic carbocycles. The van der Waals surface area contributed by atoms with E-state index in [1.54, 1.807) is 12.1 Å². The molecule has 4 rings (SSSR count). The van der Waals surface area contributed by atoms with Crippen LogP contribution in [-0.4, -0.2) is 23.3 Å². The predicted octanol–water partition coefficient (Wildman–Crippen LogP) is 5.76. The maximum atomic E-state index is 13.7. The number of hydrogen-bond acceptors (Lipinski definition) is 3. The third-order valence-electron chi connectivity index (χ3n) is 5.70. The van der Waals surface area contributed by atoms with Crippen LogP contribution in [0, 0.1) is 13.8 Å². The Labute approximate surface area is 193 Å². The molecule has 0 saturated carbocycles. The number of hydrogen-bond donors (Lipinski definition) is 0. The van der Waals surface area contributed by atoms with Crippen molar-refractivity contribution in [1.82, 2.24) is 4.90 Å². The number of nitrogens with zero attached hydrogens (tertiary/aromatic N) is 2. The highest BCUT2D eigenvalue weighted by atomic mass is 35.5. The Morgan fingerprint density at radius 3 is 2.19 bits per heavy atom. The summed E-state index contributed by atoms with van der Waals surface area (Å²) in [4.78, 5) is 30.6. The molecule has 0 radical (unpaired) electrons. The summed E-state index contributed by atoms with van der Waals surface area (Å²) in [5.41, 5.74) is 5.46. The Morgan fingerprint density at radius 1 is 0.875 bits per heavy atom. The number of amides is 2. The number of aryl methyl sites for hydroxylation is 2. The first-order valence-electron chi connectivity index (χ1n) is 10.7. The molecular formula is C27H25ClN2O2. The van der Waals surface area contributed by atoms with Crippen molar-refractivity contribution in [3.8, 4) is 0 Å². The SMILES string of the molecule is CCN(C1=C(c2ccc(C)cc2C)C(=O)N(Cc2ccc(Cl)cc2)C1=O)c1ccccc1. The number of likely N-dealkylation sites (N-methyl/N-ethyl adjacent to an activating group) is 1. The van der Waals surface area contributed by atoms with Crippen molar-refractivity contribution in [3.05, 3.63) is 106 Å². The molecular weight excluding hydrogens is 420 g/mol. The van der Waals surface area contributed by atoms with Gasteiger partial charge in [0, 0.05) is 17.3 Å². The number of imide groups is 1. The third-order valence-corrected chi connectivity index (χ3v) is 5.95. The molecule has 0 fully saturated rings. The standard InChI is InChI=1S/C27H25ClN2O2/c1-4-29(22-8-6-5-7-9-22)25-24(23-15-10-18(2)16-19(23)3)26(31)30(27(25)32)17-20-11-13-21(28)14-12-20/h5-16H,4,17H2,1-3H3. The number of benzene rings is 3. The Hall–Kier alpha value is -3.37. The fourth-order valence-corrected chi connectivity index (χ4v) is 4.27. The van der Waals surface area contributed by atoms with Crippen molar-refractivity contribution in [1.29, 1.82) is 0 Å². The molecule has 3 aromatic rings. The zero-order chi connectivity index (χ0) is 22.8. The highest BCUT2D eigenvalue weighted by molar-refractivity contribution is 6.37. The minimum absolute atomic E-state index is 0.194. The maximum Gasteiger partial charge on any atom is 0.278 e. The summed E-state index contributed by atoms with van der Waals surface area (Å²) in [6, 6.07) is 22.9. The van der Waals surface area contributed by atoms with Crippen LogP contribution >= 0.6 is 11.6 Å². The molecule has 5 heteroatoms. The van der Waals surface area contributed by atoms with Crippen LogP contribution in [0.1, 0.15) is 29.2 Å². The molecule has 0 saturated heterocycles. The highest BCUT2D eigenvalue weighted by Gasteiger charge is 2.42. The van der Waals surface area contributed by atoms with Gasteiger partial charge in [0.15, 0.2) is 0 Å². The molecule has 0 N–H and O–H groups in total. The van der Waals surface area contributed by atoms with Gasteiger partial charge < -0.3 is 4.90 Å². The van der Waals surface area contributed by atoms with E-state index in [-0.39, 0.29) is 18.4 Å². The lowest BCUT2D eigenvalue weighted by molar-refractivity contribution is -0.137. The zero-order valence-corrected chi connectivity index (χ0v) is 19.2. The first-order valence-corrected chi connectivity index (χ1v) is 11.0. The van der Waals surface area contributed by atoms with E-state index < -0.39 is 0 Å². The van der Waals surface area contributed by atoms with Crippen molar-refractivity contribution < 1.29 is 9.59 Å². The molecule has 1 aliphatic heterocycles. The topological polar surface area (TPSA) is 40.6 Å².